The van der Waals surface area contributed by atoms with Crippen molar-refractivity contribution in [1.82, 2.24) is 10.2 Å². The van der Waals surface area contributed by atoms with E-state index in [0.29, 0.717) is 5.92 Å². The van der Waals surface area contributed by atoms with Crippen LogP contribution in [0.2, 0.25) is 0 Å². The summed E-state index contributed by atoms with van der Waals surface area (Å²) in [5.41, 5.74) is 3.36. The number of rotatable bonds is 5. The lowest BCUT2D eigenvalue weighted by atomic mass is 9.72. The minimum absolute atomic E-state index is 0.214. The molecule has 29 heavy (non-hydrogen) atoms. The molecule has 2 aromatic carbocycles. The highest BCUT2D eigenvalue weighted by molar-refractivity contribution is 5.88. The van der Waals surface area contributed by atoms with Gasteiger partial charge in [0.25, 0.3) is 0 Å². The first-order valence-electron chi connectivity index (χ1n) is 10.9. The summed E-state index contributed by atoms with van der Waals surface area (Å²) in [5, 5.41) is 3.35. The second kappa shape index (κ2) is 8.58. The Morgan fingerprint density at radius 3 is 2.41 bits per heavy atom. The molecular weight excluding hydrogens is 358 g/mol. The Balaban J connectivity index is 1.39. The van der Waals surface area contributed by atoms with Gasteiger partial charge in [0.15, 0.2) is 0 Å². The SMILES string of the molecule is Cc1ccc(N2CC[C@H](CNC(=O)C3(c4ccccc4)CCN(C)CC3)C2)cc1. The van der Waals surface area contributed by atoms with Crippen LogP contribution >= 0.6 is 0 Å². The van der Waals surface area contributed by atoms with Crippen molar-refractivity contribution in [1.29, 1.82) is 0 Å². The number of carbonyl (C=O) groups is 1. The van der Waals surface area contributed by atoms with Crippen molar-refractivity contribution in [2.75, 3.05) is 44.7 Å². The third-order valence-electron chi connectivity index (χ3n) is 6.84. The Morgan fingerprint density at radius 1 is 1.03 bits per heavy atom. The maximum atomic E-state index is 13.4. The van der Waals surface area contributed by atoms with Crippen LogP contribution in [-0.2, 0) is 10.2 Å². The molecule has 0 unspecified atom stereocenters. The number of piperidine rings is 1. The number of aryl methyl sites for hydroxylation is 1. The van der Waals surface area contributed by atoms with Crippen LogP contribution in [0.3, 0.4) is 0 Å². The number of hydrogen-bond donors (Lipinski definition) is 1. The fourth-order valence-corrected chi connectivity index (χ4v) is 4.80. The fourth-order valence-electron chi connectivity index (χ4n) is 4.80. The van der Waals surface area contributed by atoms with Crippen LogP contribution < -0.4 is 10.2 Å². The second-order valence-electron chi connectivity index (χ2n) is 8.90. The van der Waals surface area contributed by atoms with Crippen LogP contribution in [0.15, 0.2) is 54.6 Å². The summed E-state index contributed by atoms with van der Waals surface area (Å²) in [6.45, 7) is 6.91. The maximum Gasteiger partial charge on any atom is 0.230 e. The van der Waals surface area contributed by atoms with Gasteiger partial charge >= 0.3 is 0 Å². The standard InChI is InChI=1S/C25H33N3O/c1-20-8-10-23(11-9-20)28-15-12-21(19-28)18-26-24(29)25(13-16-27(2)17-14-25)22-6-4-3-5-7-22/h3-11,21H,12-19H2,1-2H3,(H,26,29)/t21-/m1/s1. The second-order valence-corrected chi connectivity index (χ2v) is 8.90. The van der Waals surface area contributed by atoms with Crippen molar-refractivity contribution in [2.24, 2.45) is 5.92 Å². The molecule has 1 amide bonds. The number of hydrogen-bond acceptors (Lipinski definition) is 3. The van der Waals surface area contributed by atoms with Crippen molar-refractivity contribution in [3.63, 3.8) is 0 Å². The van der Waals surface area contributed by atoms with Gasteiger partial charge in [-0.1, -0.05) is 48.0 Å². The van der Waals surface area contributed by atoms with E-state index in [1.165, 1.54) is 16.8 Å². The lowest BCUT2D eigenvalue weighted by Crippen LogP contribution is -2.51. The highest BCUT2D eigenvalue weighted by atomic mass is 16.2. The summed E-state index contributed by atoms with van der Waals surface area (Å²) >= 11 is 0. The number of anilines is 1. The van der Waals surface area contributed by atoms with E-state index in [0.717, 1.165) is 52.0 Å². The van der Waals surface area contributed by atoms with E-state index >= 15 is 0 Å². The molecule has 4 heteroatoms. The summed E-state index contributed by atoms with van der Waals surface area (Å²) in [6, 6.07) is 19.2. The first-order chi connectivity index (χ1) is 14.1. The monoisotopic (exact) mass is 391 g/mol. The molecule has 0 aromatic heterocycles. The van der Waals surface area contributed by atoms with E-state index in [-0.39, 0.29) is 11.3 Å². The molecule has 0 radical (unpaired) electrons. The normalized spacial score (nSPS) is 21.9. The molecular formula is C25H33N3O. The summed E-state index contributed by atoms with van der Waals surface area (Å²) in [7, 11) is 2.14. The van der Waals surface area contributed by atoms with Crippen molar-refractivity contribution in [3.8, 4) is 0 Å². The van der Waals surface area contributed by atoms with Crippen molar-refractivity contribution < 1.29 is 4.79 Å². The lowest BCUT2D eigenvalue weighted by Gasteiger charge is -2.40. The fraction of sp³-hybridized carbons (Fsp3) is 0.480. The van der Waals surface area contributed by atoms with Crippen LogP contribution in [0.1, 0.15) is 30.4 Å². The topological polar surface area (TPSA) is 35.6 Å². The molecule has 4 rings (SSSR count). The summed E-state index contributed by atoms with van der Waals surface area (Å²) in [4.78, 5) is 18.2. The largest absolute Gasteiger partial charge is 0.371 e. The zero-order valence-electron chi connectivity index (χ0n) is 17.7. The molecule has 154 valence electrons. The molecule has 2 saturated heterocycles. The molecule has 0 aliphatic carbocycles. The first kappa shape index (κ1) is 20.0. The van der Waals surface area contributed by atoms with Crippen LogP contribution in [0.4, 0.5) is 5.69 Å². The van der Waals surface area contributed by atoms with Crippen molar-refractivity contribution in [2.45, 2.75) is 31.6 Å². The Bertz CT molecular complexity index is 810. The predicted octanol–water partition coefficient (Wildman–Crippen LogP) is 3.60. The van der Waals surface area contributed by atoms with Crippen molar-refractivity contribution >= 4 is 11.6 Å². The van der Waals surface area contributed by atoms with Gasteiger partial charge in [0.2, 0.25) is 5.91 Å². The van der Waals surface area contributed by atoms with Crippen molar-refractivity contribution in [3.05, 3.63) is 65.7 Å². The Kier molecular flexibility index (Phi) is 5.91. The third kappa shape index (κ3) is 4.32. The molecule has 2 heterocycles. The highest BCUT2D eigenvalue weighted by Crippen LogP contribution is 2.35. The quantitative estimate of drug-likeness (QED) is 0.846. The number of carbonyl (C=O) groups excluding carboxylic acids is 1. The predicted molar refractivity (Wildman–Crippen MR) is 119 cm³/mol. The summed E-state index contributed by atoms with van der Waals surface area (Å²) in [5.74, 6) is 0.727. The van der Waals surface area contributed by atoms with Crippen LogP contribution in [0.5, 0.6) is 0 Å². The van der Waals surface area contributed by atoms with Gasteiger partial charge in [0.1, 0.15) is 0 Å². The number of benzene rings is 2. The van der Waals surface area contributed by atoms with Gasteiger partial charge in [0, 0.05) is 25.3 Å². The molecule has 2 aliphatic heterocycles. The van der Waals surface area contributed by atoms with E-state index in [9.17, 15) is 4.79 Å². The minimum atomic E-state index is -0.386. The molecule has 4 nitrogen and oxygen atoms in total. The van der Waals surface area contributed by atoms with Gasteiger partial charge in [-0.3, -0.25) is 4.79 Å². The molecule has 2 aliphatic rings. The lowest BCUT2D eigenvalue weighted by molar-refractivity contribution is -0.128. The van der Waals surface area contributed by atoms with E-state index in [4.69, 9.17) is 0 Å². The van der Waals surface area contributed by atoms with Crippen LogP contribution in [-0.4, -0.2) is 50.6 Å². The van der Waals surface area contributed by atoms with Gasteiger partial charge in [-0.25, -0.2) is 0 Å². The molecule has 1 atom stereocenters. The Labute approximate surface area is 174 Å². The zero-order valence-corrected chi connectivity index (χ0v) is 17.7. The summed E-state index contributed by atoms with van der Waals surface area (Å²) < 4.78 is 0. The highest BCUT2D eigenvalue weighted by Gasteiger charge is 2.42. The van der Waals surface area contributed by atoms with Crippen LogP contribution in [0, 0.1) is 12.8 Å². The number of amides is 1. The molecule has 0 spiro atoms. The minimum Gasteiger partial charge on any atom is -0.371 e. The number of nitrogens with one attached hydrogen (secondary N) is 1. The molecule has 0 saturated carbocycles. The maximum absolute atomic E-state index is 13.4. The molecule has 2 aromatic rings. The van der Waals surface area contributed by atoms with E-state index in [1.54, 1.807) is 0 Å². The van der Waals surface area contributed by atoms with Crippen LogP contribution in [0.25, 0.3) is 0 Å². The van der Waals surface area contributed by atoms with Gasteiger partial charge in [-0.2, -0.15) is 0 Å². The van der Waals surface area contributed by atoms with E-state index in [1.807, 2.05) is 6.07 Å². The third-order valence-corrected chi connectivity index (χ3v) is 6.84. The molecule has 0 bridgehead atoms. The van der Waals surface area contributed by atoms with Gasteiger partial charge < -0.3 is 15.1 Å². The van der Waals surface area contributed by atoms with Gasteiger partial charge in [-0.05, 0) is 69.9 Å². The zero-order chi connectivity index (χ0) is 20.3. The average molecular weight is 392 g/mol. The average Bonchev–Trinajstić information content (AvgIpc) is 3.23. The Hall–Kier alpha value is -2.33. The summed E-state index contributed by atoms with van der Waals surface area (Å²) in [6.07, 6.45) is 2.91. The van der Waals surface area contributed by atoms with Gasteiger partial charge in [0.05, 0.1) is 5.41 Å². The smallest absolute Gasteiger partial charge is 0.230 e. The molecule has 2 fully saturated rings. The van der Waals surface area contributed by atoms with E-state index in [2.05, 4.69) is 77.6 Å². The number of likely N-dealkylation sites (tertiary alicyclic amines) is 1. The Morgan fingerprint density at radius 2 is 1.72 bits per heavy atom. The van der Waals surface area contributed by atoms with E-state index < -0.39 is 0 Å². The molecule has 1 N–H and O–H groups in total. The number of nitrogens with zero attached hydrogens (tertiary/aromatic N) is 2. The first-order valence-corrected chi connectivity index (χ1v) is 10.9. The van der Waals surface area contributed by atoms with Gasteiger partial charge in [-0.15, -0.1) is 0 Å².